The van der Waals surface area contributed by atoms with Crippen molar-refractivity contribution < 1.29 is 14.6 Å². The number of ether oxygens (including phenoxy) is 1. The summed E-state index contributed by atoms with van der Waals surface area (Å²) in [6.45, 7) is 2.22. The van der Waals surface area contributed by atoms with E-state index in [0.717, 1.165) is 14.9 Å². The predicted molar refractivity (Wildman–Crippen MR) is 74.5 cm³/mol. The number of thiophene rings is 1. The molecule has 0 atom stereocenters. The van der Waals surface area contributed by atoms with E-state index in [0.29, 0.717) is 12.4 Å². The molecule has 0 aliphatic rings. The van der Waals surface area contributed by atoms with Crippen molar-refractivity contribution in [3.05, 3.63) is 50.1 Å². The summed E-state index contributed by atoms with van der Waals surface area (Å²) in [6.07, 6.45) is 0. The van der Waals surface area contributed by atoms with Crippen LogP contribution in [0.15, 0.2) is 34.8 Å². The van der Waals surface area contributed by atoms with Gasteiger partial charge in [-0.05, 0) is 30.7 Å². The quantitative estimate of drug-likeness (QED) is 0.920. The Balaban J connectivity index is 2.13. The first-order chi connectivity index (χ1) is 8.56. The summed E-state index contributed by atoms with van der Waals surface area (Å²) in [5.74, 6) is -0.512. The van der Waals surface area contributed by atoms with Crippen molar-refractivity contribution in [1.29, 1.82) is 0 Å². The average molecular weight is 327 g/mol. The van der Waals surface area contributed by atoms with E-state index in [1.807, 2.05) is 31.2 Å². The molecular formula is C13H11BrO3S. The molecule has 1 heterocycles. The lowest BCUT2D eigenvalue weighted by atomic mass is 10.2. The lowest BCUT2D eigenvalue weighted by molar-refractivity contribution is 0.0697. The highest BCUT2D eigenvalue weighted by Crippen LogP contribution is 2.29. The lowest BCUT2D eigenvalue weighted by Crippen LogP contribution is -2.00. The zero-order chi connectivity index (χ0) is 13.1. The van der Waals surface area contributed by atoms with Crippen molar-refractivity contribution in [2.75, 3.05) is 0 Å². The molecular weight excluding hydrogens is 316 g/mol. The number of hydrogen-bond acceptors (Lipinski definition) is 3. The number of benzene rings is 1. The zero-order valence-corrected chi connectivity index (χ0v) is 12.0. The Morgan fingerprint density at radius 3 is 2.89 bits per heavy atom. The van der Waals surface area contributed by atoms with Crippen LogP contribution in [0.3, 0.4) is 0 Å². The molecule has 0 aliphatic carbocycles. The number of carboxylic acids is 1. The Kier molecular flexibility index (Phi) is 4.04. The molecule has 1 aromatic carbocycles. The van der Waals surface area contributed by atoms with E-state index in [2.05, 4.69) is 15.9 Å². The molecule has 0 unspecified atom stereocenters. The molecule has 3 nitrogen and oxygen atoms in total. The molecule has 0 spiro atoms. The molecule has 0 amide bonds. The summed E-state index contributed by atoms with van der Waals surface area (Å²) < 4.78 is 6.54. The smallest absolute Gasteiger partial charge is 0.349 e. The van der Waals surface area contributed by atoms with Crippen molar-refractivity contribution in [3.8, 4) is 5.75 Å². The first-order valence-corrected chi connectivity index (χ1v) is 6.88. The summed E-state index contributed by atoms with van der Waals surface area (Å²) in [6, 6.07) is 9.48. The van der Waals surface area contributed by atoms with Crippen LogP contribution in [0.4, 0.5) is 0 Å². The standard InChI is InChI=1S/C13H11BrO3S/c1-8-5-11(12(18-8)13(15)16)17-7-9-3-2-4-10(14)6-9/h2-6H,7H2,1H3,(H,15,16). The second-order valence-corrected chi connectivity index (χ2v) is 5.95. The van der Waals surface area contributed by atoms with Crippen LogP contribution in [0.25, 0.3) is 0 Å². The van der Waals surface area contributed by atoms with Crippen LogP contribution < -0.4 is 4.74 Å². The molecule has 2 aromatic rings. The van der Waals surface area contributed by atoms with Gasteiger partial charge in [0.2, 0.25) is 0 Å². The Morgan fingerprint density at radius 1 is 1.44 bits per heavy atom. The molecule has 0 radical (unpaired) electrons. The van der Waals surface area contributed by atoms with Crippen LogP contribution in [-0.4, -0.2) is 11.1 Å². The van der Waals surface area contributed by atoms with Crippen LogP contribution in [0.2, 0.25) is 0 Å². The summed E-state index contributed by atoms with van der Waals surface area (Å²) >= 11 is 4.61. The lowest BCUT2D eigenvalue weighted by Gasteiger charge is -2.05. The van der Waals surface area contributed by atoms with Gasteiger partial charge in [-0.25, -0.2) is 4.79 Å². The van der Waals surface area contributed by atoms with E-state index in [1.165, 1.54) is 11.3 Å². The van der Waals surface area contributed by atoms with Gasteiger partial charge in [-0.3, -0.25) is 0 Å². The fourth-order valence-electron chi connectivity index (χ4n) is 1.54. The second kappa shape index (κ2) is 5.54. The number of carbonyl (C=O) groups is 1. The Hall–Kier alpha value is -1.33. The van der Waals surface area contributed by atoms with Gasteiger partial charge in [-0.15, -0.1) is 11.3 Å². The number of rotatable bonds is 4. The average Bonchev–Trinajstić information content (AvgIpc) is 2.68. The highest BCUT2D eigenvalue weighted by Gasteiger charge is 2.15. The zero-order valence-electron chi connectivity index (χ0n) is 9.64. The minimum atomic E-state index is -0.947. The van der Waals surface area contributed by atoms with E-state index in [4.69, 9.17) is 9.84 Å². The monoisotopic (exact) mass is 326 g/mol. The van der Waals surface area contributed by atoms with Gasteiger partial charge >= 0.3 is 5.97 Å². The molecule has 2 rings (SSSR count). The molecule has 0 bridgehead atoms. The van der Waals surface area contributed by atoms with Gasteiger partial charge in [-0.1, -0.05) is 28.1 Å². The normalized spacial score (nSPS) is 10.3. The van der Waals surface area contributed by atoms with E-state index in [1.54, 1.807) is 6.07 Å². The summed E-state index contributed by atoms with van der Waals surface area (Å²) in [5, 5.41) is 9.04. The van der Waals surface area contributed by atoms with Crippen LogP contribution in [0.1, 0.15) is 20.1 Å². The van der Waals surface area contributed by atoms with Gasteiger partial charge in [-0.2, -0.15) is 0 Å². The predicted octanol–water partition coefficient (Wildman–Crippen LogP) is 4.10. The molecule has 18 heavy (non-hydrogen) atoms. The molecule has 0 saturated heterocycles. The summed E-state index contributed by atoms with van der Waals surface area (Å²) in [5.41, 5.74) is 0.990. The number of aryl methyl sites for hydroxylation is 1. The summed E-state index contributed by atoms with van der Waals surface area (Å²) in [4.78, 5) is 12.2. The number of hydrogen-bond donors (Lipinski definition) is 1. The molecule has 1 N–H and O–H groups in total. The third kappa shape index (κ3) is 3.11. The highest BCUT2D eigenvalue weighted by molar-refractivity contribution is 9.10. The highest BCUT2D eigenvalue weighted by atomic mass is 79.9. The molecule has 94 valence electrons. The minimum absolute atomic E-state index is 0.252. The van der Waals surface area contributed by atoms with Crippen LogP contribution in [0.5, 0.6) is 5.75 Å². The maximum atomic E-state index is 11.0. The van der Waals surface area contributed by atoms with Crippen molar-refractivity contribution in [3.63, 3.8) is 0 Å². The number of aromatic carboxylic acids is 1. The van der Waals surface area contributed by atoms with Crippen molar-refractivity contribution >= 4 is 33.2 Å². The van der Waals surface area contributed by atoms with Gasteiger partial charge in [0.1, 0.15) is 12.4 Å². The maximum Gasteiger partial charge on any atom is 0.349 e. The maximum absolute atomic E-state index is 11.0. The van der Waals surface area contributed by atoms with Crippen molar-refractivity contribution in [2.45, 2.75) is 13.5 Å². The number of halogens is 1. The topological polar surface area (TPSA) is 46.5 Å². The largest absolute Gasteiger partial charge is 0.487 e. The molecule has 5 heteroatoms. The minimum Gasteiger partial charge on any atom is -0.487 e. The van der Waals surface area contributed by atoms with E-state index >= 15 is 0 Å². The first kappa shape index (κ1) is 13.1. The van der Waals surface area contributed by atoms with Crippen molar-refractivity contribution in [1.82, 2.24) is 0 Å². The Labute approximate surface area is 117 Å². The molecule has 1 aromatic heterocycles. The van der Waals surface area contributed by atoms with E-state index in [9.17, 15) is 4.79 Å². The summed E-state index contributed by atoms with van der Waals surface area (Å²) in [7, 11) is 0. The molecule has 0 saturated carbocycles. The Bertz CT molecular complexity index is 577. The van der Waals surface area contributed by atoms with Gasteiger partial charge in [0, 0.05) is 9.35 Å². The van der Waals surface area contributed by atoms with Crippen LogP contribution in [-0.2, 0) is 6.61 Å². The molecule has 0 aliphatic heterocycles. The second-order valence-electron chi connectivity index (χ2n) is 3.77. The van der Waals surface area contributed by atoms with Gasteiger partial charge in [0.05, 0.1) is 0 Å². The fourth-order valence-corrected chi connectivity index (χ4v) is 2.78. The third-order valence-corrected chi connectivity index (χ3v) is 3.81. The van der Waals surface area contributed by atoms with Crippen LogP contribution >= 0.6 is 27.3 Å². The van der Waals surface area contributed by atoms with Crippen molar-refractivity contribution in [2.24, 2.45) is 0 Å². The third-order valence-electron chi connectivity index (χ3n) is 2.30. The van der Waals surface area contributed by atoms with Gasteiger partial charge < -0.3 is 9.84 Å². The number of carboxylic acid groups (broad SMARTS) is 1. The SMILES string of the molecule is Cc1cc(OCc2cccc(Br)c2)c(C(=O)O)s1. The molecule has 0 fully saturated rings. The van der Waals surface area contributed by atoms with E-state index < -0.39 is 5.97 Å². The van der Waals surface area contributed by atoms with Gasteiger partial charge in [0.25, 0.3) is 0 Å². The van der Waals surface area contributed by atoms with Crippen LogP contribution in [0, 0.1) is 6.92 Å². The van der Waals surface area contributed by atoms with E-state index in [-0.39, 0.29) is 4.88 Å². The fraction of sp³-hybridized carbons (Fsp3) is 0.154. The Morgan fingerprint density at radius 2 is 2.22 bits per heavy atom. The first-order valence-electron chi connectivity index (χ1n) is 5.27. The van der Waals surface area contributed by atoms with Gasteiger partial charge in [0.15, 0.2) is 4.88 Å².